The van der Waals surface area contributed by atoms with Crippen molar-refractivity contribution in [3.8, 4) is 0 Å². The van der Waals surface area contributed by atoms with Gasteiger partial charge in [-0.25, -0.2) is 4.98 Å². The minimum atomic E-state index is 0.209. The quantitative estimate of drug-likeness (QED) is 0.858. The van der Waals surface area contributed by atoms with Crippen molar-refractivity contribution in [2.24, 2.45) is 11.3 Å². The van der Waals surface area contributed by atoms with Gasteiger partial charge in [-0.2, -0.15) is 4.37 Å². The summed E-state index contributed by atoms with van der Waals surface area (Å²) in [7, 11) is 0. The smallest absolute Gasteiger partial charge is 0.202 e. The Balaban J connectivity index is 1.75. The molecule has 2 fully saturated rings. The van der Waals surface area contributed by atoms with E-state index in [1.165, 1.54) is 18.0 Å². The minimum Gasteiger partial charge on any atom is -0.377 e. The molecule has 5 heteroatoms. The molecule has 0 spiro atoms. The van der Waals surface area contributed by atoms with Crippen molar-refractivity contribution in [2.75, 3.05) is 11.9 Å². The van der Waals surface area contributed by atoms with Crippen LogP contribution in [0.2, 0.25) is 0 Å². The first-order valence-corrected chi connectivity index (χ1v) is 6.55. The van der Waals surface area contributed by atoms with Crippen LogP contribution in [0.3, 0.4) is 0 Å². The predicted molar refractivity (Wildman–Crippen MR) is 63.7 cm³/mol. The highest BCUT2D eigenvalue weighted by Gasteiger charge is 2.59. The maximum atomic E-state index is 5.77. The maximum absolute atomic E-state index is 5.77. The number of nitrogens with zero attached hydrogens (tertiary/aromatic N) is 2. The molecule has 0 aromatic carbocycles. The standard InChI is InChI=1S/C11H17N3OS/c1-6-12-10(16-14-6)13-8-7-4-5-15-9(7)11(8,2)3/h7-9H,4-5H2,1-3H3,(H,12,13,14)/t7-,8+,9-/m0/s1. The molecular weight excluding hydrogens is 222 g/mol. The molecule has 1 saturated heterocycles. The molecule has 4 nitrogen and oxygen atoms in total. The van der Waals surface area contributed by atoms with Crippen molar-refractivity contribution in [2.45, 2.75) is 39.3 Å². The zero-order valence-corrected chi connectivity index (χ0v) is 10.7. The number of ether oxygens (including phenoxy) is 1. The Labute approximate surface area is 99.6 Å². The predicted octanol–water partition coefficient (Wildman–Crippen LogP) is 2.07. The van der Waals surface area contributed by atoms with Crippen LogP contribution in [0.5, 0.6) is 0 Å². The first kappa shape index (κ1) is 10.5. The van der Waals surface area contributed by atoms with E-state index in [-0.39, 0.29) is 5.41 Å². The highest BCUT2D eigenvalue weighted by atomic mass is 32.1. The van der Waals surface area contributed by atoms with Crippen molar-refractivity contribution >= 4 is 16.7 Å². The number of aromatic nitrogens is 2. The molecule has 1 aliphatic heterocycles. The summed E-state index contributed by atoms with van der Waals surface area (Å²) < 4.78 is 9.97. The lowest BCUT2D eigenvalue weighted by Crippen LogP contribution is -2.63. The number of anilines is 1. The van der Waals surface area contributed by atoms with Crippen molar-refractivity contribution in [3.05, 3.63) is 5.82 Å². The molecule has 1 aromatic heterocycles. The van der Waals surface area contributed by atoms with Crippen LogP contribution in [0.1, 0.15) is 26.1 Å². The summed E-state index contributed by atoms with van der Waals surface area (Å²) >= 11 is 1.45. The van der Waals surface area contributed by atoms with E-state index >= 15 is 0 Å². The molecule has 3 rings (SSSR count). The number of hydrogen-bond donors (Lipinski definition) is 1. The van der Waals surface area contributed by atoms with Gasteiger partial charge in [-0.3, -0.25) is 0 Å². The van der Waals surface area contributed by atoms with Gasteiger partial charge in [0.25, 0.3) is 0 Å². The van der Waals surface area contributed by atoms with Crippen LogP contribution in [0.15, 0.2) is 0 Å². The summed E-state index contributed by atoms with van der Waals surface area (Å²) in [5.74, 6) is 1.50. The van der Waals surface area contributed by atoms with Gasteiger partial charge in [0.05, 0.1) is 6.10 Å². The minimum absolute atomic E-state index is 0.209. The van der Waals surface area contributed by atoms with E-state index in [4.69, 9.17) is 4.74 Å². The van der Waals surface area contributed by atoms with Crippen molar-refractivity contribution in [1.82, 2.24) is 9.36 Å². The van der Waals surface area contributed by atoms with Crippen LogP contribution in [-0.2, 0) is 4.74 Å². The van der Waals surface area contributed by atoms with E-state index in [1.807, 2.05) is 6.92 Å². The molecule has 2 aliphatic rings. The summed E-state index contributed by atoms with van der Waals surface area (Å²) in [4.78, 5) is 4.37. The second-order valence-corrected chi connectivity index (χ2v) is 6.09. The van der Waals surface area contributed by atoms with E-state index in [2.05, 4.69) is 28.5 Å². The van der Waals surface area contributed by atoms with Crippen LogP contribution in [0.4, 0.5) is 5.13 Å². The summed E-state index contributed by atoms with van der Waals surface area (Å²) in [5.41, 5.74) is 0.209. The molecular formula is C11H17N3OS. The molecule has 0 radical (unpaired) electrons. The van der Waals surface area contributed by atoms with Gasteiger partial charge >= 0.3 is 0 Å². The third-order valence-corrected chi connectivity index (χ3v) is 4.64. The van der Waals surface area contributed by atoms with Crippen molar-refractivity contribution in [3.63, 3.8) is 0 Å². The normalized spacial score (nSPS) is 35.6. The largest absolute Gasteiger partial charge is 0.377 e. The van der Waals surface area contributed by atoms with Gasteiger partial charge in [-0.05, 0) is 13.3 Å². The van der Waals surface area contributed by atoms with Gasteiger partial charge in [0.2, 0.25) is 5.13 Å². The zero-order chi connectivity index (χ0) is 11.3. The first-order valence-electron chi connectivity index (χ1n) is 5.77. The molecule has 1 saturated carbocycles. The Morgan fingerprint density at radius 3 is 3.00 bits per heavy atom. The molecule has 1 aliphatic carbocycles. The summed E-state index contributed by atoms with van der Waals surface area (Å²) in [6.45, 7) is 7.37. The molecule has 0 amide bonds. The highest BCUT2D eigenvalue weighted by molar-refractivity contribution is 7.09. The summed E-state index contributed by atoms with van der Waals surface area (Å²) in [6, 6.07) is 0.479. The number of aryl methyl sites for hydroxylation is 1. The topological polar surface area (TPSA) is 47.0 Å². The number of nitrogens with one attached hydrogen (secondary N) is 1. The molecule has 88 valence electrons. The molecule has 0 unspecified atom stereocenters. The lowest BCUT2D eigenvalue weighted by Gasteiger charge is -2.54. The van der Waals surface area contributed by atoms with E-state index < -0.39 is 0 Å². The summed E-state index contributed by atoms with van der Waals surface area (Å²) in [6.07, 6.45) is 1.60. The molecule has 1 aromatic rings. The Hall–Kier alpha value is -0.680. The van der Waals surface area contributed by atoms with E-state index in [0.29, 0.717) is 18.1 Å². The van der Waals surface area contributed by atoms with Crippen LogP contribution in [0, 0.1) is 18.3 Å². The van der Waals surface area contributed by atoms with Crippen LogP contribution >= 0.6 is 11.5 Å². The van der Waals surface area contributed by atoms with Crippen LogP contribution < -0.4 is 5.32 Å². The monoisotopic (exact) mass is 239 g/mol. The molecule has 16 heavy (non-hydrogen) atoms. The van der Waals surface area contributed by atoms with Crippen LogP contribution in [-0.4, -0.2) is 28.1 Å². The first-order chi connectivity index (χ1) is 7.59. The number of rotatable bonds is 2. The van der Waals surface area contributed by atoms with Crippen LogP contribution in [0.25, 0.3) is 0 Å². The van der Waals surface area contributed by atoms with Gasteiger partial charge in [0.1, 0.15) is 5.82 Å². The number of hydrogen-bond acceptors (Lipinski definition) is 5. The zero-order valence-electron chi connectivity index (χ0n) is 9.86. The third kappa shape index (κ3) is 1.38. The SMILES string of the molecule is Cc1nsc(N[C@@H]2[C@@H]3CCO[C@@H]3C2(C)C)n1. The van der Waals surface area contributed by atoms with Gasteiger partial charge < -0.3 is 10.1 Å². The lowest BCUT2D eigenvalue weighted by atomic mass is 9.57. The Bertz CT molecular complexity index is 404. The molecule has 0 bridgehead atoms. The second kappa shape index (κ2) is 3.40. The van der Waals surface area contributed by atoms with Gasteiger partial charge in [-0.15, -0.1) is 0 Å². The lowest BCUT2D eigenvalue weighted by molar-refractivity contribution is -0.0923. The summed E-state index contributed by atoms with van der Waals surface area (Å²) in [5, 5.41) is 4.47. The third-order valence-electron chi connectivity index (χ3n) is 3.91. The van der Waals surface area contributed by atoms with E-state index in [9.17, 15) is 0 Å². The molecule has 3 atom stereocenters. The number of fused-ring (bicyclic) bond motifs is 1. The molecule has 2 heterocycles. The van der Waals surface area contributed by atoms with Gasteiger partial charge in [-0.1, -0.05) is 13.8 Å². The Morgan fingerprint density at radius 1 is 1.50 bits per heavy atom. The second-order valence-electron chi connectivity index (χ2n) is 5.33. The average Bonchev–Trinajstić information content (AvgIpc) is 2.81. The maximum Gasteiger partial charge on any atom is 0.202 e. The van der Waals surface area contributed by atoms with Crippen molar-refractivity contribution < 1.29 is 4.74 Å². The fourth-order valence-corrected chi connectivity index (χ4v) is 3.72. The Morgan fingerprint density at radius 2 is 2.31 bits per heavy atom. The van der Waals surface area contributed by atoms with E-state index in [0.717, 1.165) is 17.6 Å². The molecule has 1 N–H and O–H groups in total. The van der Waals surface area contributed by atoms with Gasteiger partial charge in [0, 0.05) is 35.5 Å². The van der Waals surface area contributed by atoms with Crippen molar-refractivity contribution in [1.29, 1.82) is 0 Å². The van der Waals surface area contributed by atoms with E-state index in [1.54, 1.807) is 0 Å². The highest BCUT2D eigenvalue weighted by Crippen LogP contribution is 2.53. The average molecular weight is 239 g/mol. The van der Waals surface area contributed by atoms with Gasteiger partial charge in [0.15, 0.2) is 0 Å². The fourth-order valence-electron chi connectivity index (χ4n) is 3.11. The fraction of sp³-hybridized carbons (Fsp3) is 0.818. The Kier molecular flexibility index (Phi) is 2.23.